The van der Waals surface area contributed by atoms with Gasteiger partial charge in [0, 0.05) is 17.5 Å². The summed E-state index contributed by atoms with van der Waals surface area (Å²) in [6.07, 6.45) is 3.46. The van der Waals surface area contributed by atoms with Crippen molar-refractivity contribution in [2.75, 3.05) is 13.1 Å². The monoisotopic (exact) mass is 280 g/mol. The number of nitrogens with zero attached hydrogens (tertiary/aromatic N) is 1. The van der Waals surface area contributed by atoms with Gasteiger partial charge in [0.05, 0.1) is 4.88 Å². The molecule has 2 rings (SSSR count). The first-order valence-electron chi connectivity index (χ1n) is 7.16. The Hall–Kier alpha value is -0.870. The number of carbonyl (C=O) groups is 1. The molecule has 1 aliphatic rings. The molecule has 1 aliphatic carbocycles. The van der Waals surface area contributed by atoms with Crippen LogP contribution in [0.1, 0.15) is 46.3 Å². The summed E-state index contributed by atoms with van der Waals surface area (Å²) < 4.78 is 0. The first-order chi connectivity index (χ1) is 9.08. The molecule has 2 N–H and O–H groups in total. The zero-order chi connectivity index (χ0) is 14.0. The van der Waals surface area contributed by atoms with E-state index >= 15 is 0 Å². The van der Waals surface area contributed by atoms with Crippen molar-refractivity contribution in [2.24, 2.45) is 11.7 Å². The largest absolute Gasteiger partial charge is 0.335 e. The second kappa shape index (κ2) is 6.06. The van der Waals surface area contributed by atoms with Crippen LogP contribution in [0.3, 0.4) is 0 Å². The zero-order valence-corrected chi connectivity index (χ0v) is 12.9. The third-order valence-corrected chi connectivity index (χ3v) is 5.44. The van der Waals surface area contributed by atoms with Gasteiger partial charge >= 0.3 is 0 Å². The van der Waals surface area contributed by atoms with Crippen molar-refractivity contribution in [1.82, 2.24) is 4.90 Å². The van der Waals surface area contributed by atoms with Crippen LogP contribution in [0.5, 0.6) is 0 Å². The van der Waals surface area contributed by atoms with E-state index in [0.717, 1.165) is 24.3 Å². The molecule has 0 radical (unpaired) electrons. The van der Waals surface area contributed by atoms with Crippen LogP contribution >= 0.6 is 11.3 Å². The van der Waals surface area contributed by atoms with E-state index in [9.17, 15) is 4.79 Å². The molecule has 106 valence electrons. The molecule has 0 saturated heterocycles. The summed E-state index contributed by atoms with van der Waals surface area (Å²) in [6, 6.07) is 2.36. The Morgan fingerprint density at radius 3 is 2.74 bits per heavy atom. The van der Waals surface area contributed by atoms with E-state index in [0.29, 0.717) is 18.5 Å². The van der Waals surface area contributed by atoms with Gasteiger partial charge in [-0.05, 0) is 57.7 Å². The van der Waals surface area contributed by atoms with Gasteiger partial charge in [-0.1, -0.05) is 6.42 Å². The lowest BCUT2D eigenvalue weighted by Gasteiger charge is -2.31. The van der Waals surface area contributed by atoms with E-state index in [1.54, 1.807) is 11.3 Å². The number of aryl methyl sites for hydroxylation is 2. The van der Waals surface area contributed by atoms with E-state index < -0.39 is 0 Å². The van der Waals surface area contributed by atoms with Crippen molar-refractivity contribution >= 4 is 17.2 Å². The van der Waals surface area contributed by atoms with Crippen molar-refractivity contribution in [3.8, 4) is 0 Å². The predicted molar refractivity (Wildman–Crippen MR) is 80.7 cm³/mol. The first-order valence-corrected chi connectivity index (χ1v) is 7.98. The van der Waals surface area contributed by atoms with Crippen LogP contribution in [-0.2, 0) is 0 Å². The van der Waals surface area contributed by atoms with E-state index in [1.807, 2.05) is 11.0 Å². The second-order valence-electron chi connectivity index (χ2n) is 5.44. The molecule has 0 spiro atoms. The molecule has 4 heteroatoms. The lowest BCUT2D eigenvalue weighted by Crippen LogP contribution is -2.43. The van der Waals surface area contributed by atoms with E-state index in [2.05, 4.69) is 20.8 Å². The van der Waals surface area contributed by atoms with Crippen molar-refractivity contribution in [3.63, 3.8) is 0 Å². The molecule has 2 unspecified atom stereocenters. The minimum atomic E-state index is 0.189. The van der Waals surface area contributed by atoms with Gasteiger partial charge in [-0.2, -0.15) is 0 Å². The van der Waals surface area contributed by atoms with Crippen molar-refractivity contribution in [1.29, 1.82) is 0 Å². The number of rotatable bonds is 4. The quantitative estimate of drug-likeness (QED) is 0.921. The Kier molecular flexibility index (Phi) is 4.63. The van der Waals surface area contributed by atoms with Crippen molar-refractivity contribution in [2.45, 2.75) is 46.1 Å². The molecule has 1 aromatic rings. The average molecular weight is 280 g/mol. The Morgan fingerprint density at radius 1 is 1.47 bits per heavy atom. The summed E-state index contributed by atoms with van der Waals surface area (Å²) in [4.78, 5) is 16.8. The standard InChI is InChI=1S/C15H24N2OS/c1-4-17(13-7-5-6-12(13)9-16)15(18)14-8-10(2)11(3)19-14/h8,12-13H,4-7,9,16H2,1-3H3. The summed E-state index contributed by atoms with van der Waals surface area (Å²) >= 11 is 1.61. The van der Waals surface area contributed by atoms with Gasteiger partial charge in [-0.3, -0.25) is 4.79 Å². The highest BCUT2D eigenvalue weighted by atomic mass is 32.1. The van der Waals surface area contributed by atoms with E-state index in [-0.39, 0.29) is 5.91 Å². The van der Waals surface area contributed by atoms with Gasteiger partial charge in [-0.15, -0.1) is 11.3 Å². The molecule has 1 amide bonds. The van der Waals surface area contributed by atoms with Crippen LogP contribution < -0.4 is 5.73 Å². The van der Waals surface area contributed by atoms with Crippen molar-refractivity contribution in [3.05, 3.63) is 21.4 Å². The highest BCUT2D eigenvalue weighted by Gasteiger charge is 2.33. The Bertz CT molecular complexity index is 435. The molecule has 3 nitrogen and oxygen atoms in total. The Morgan fingerprint density at radius 2 is 2.21 bits per heavy atom. The molecule has 19 heavy (non-hydrogen) atoms. The highest BCUT2D eigenvalue weighted by molar-refractivity contribution is 7.14. The number of thiophene rings is 1. The summed E-state index contributed by atoms with van der Waals surface area (Å²) in [5.41, 5.74) is 7.06. The lowest BCUT2D eigenvalue weighted by molar-refractivity contribution is 0.0657. The average Bonchev–Trinajstić information content (AvgIpc) is 2.98. The van der Waals surface area contributed by atoms with Crippen LogP contribution in [0.15, 0.2) is 6.07 Å². The molecule has 1 saturated carbocycles. The Labute approximate surface area is 119 Å². The molecule has 1 heterocycles. The maximum atomic E-state index is 12.7. The fraction of sp³-hybridized carbons (Fsp3) is 0.667. The molecule has 1 aromatic heterocycles. The SMILES string of the molecule is CCN(C(=O)c1cc(C)c(C)s1)C1CCCC1CN. The third kappa shape index (κ3) is 2.84. The van der Waals surface area contributed by atoms with Crippen LogP contribution in [0.2, 0.25) is 0 Å². The second-order valence-corrected chi connectivity index (χ2v) is 6.69. The van der Waals surface area contributed by atoms with Crippen LogP contribution in [0.25, 0.3) is 0 Å². The van der Waals surface area contributed by atoms with Crippen LogP contribution in [0.4, 0.5) is 0 Å². The van der Waals surface area contributed by atoms with E-state index in [1.165, 1.54) is 16.9 Å². The molecular weight excluding hydrogens is 256 g/mol. The van der Waals surface area contributed by atoms with Crippen molar-refractivity contribution < 1.29 is 4.79 Å². The summed E-state index contributed by atoms with van der Waals surface area (Å²) in [6.45, 7) is 7.67. The van der Waals surface area contributed by atoms with Gasteiger partial charge in [0.25, 0.3) is 5.91 Å². The van der Waals surface area contributed by atoms with Gasteiger partial charge in [0.1, 0.15) is 0 Å². The Balaban J connectivity index is 2.19. The molecule has 2 atom stereocenters. The maximum Gasteiger partial charge on any atom is 0.264 e. The zero-order valence-electron chi connectivity index (χ0n) is 12.1. The van der Waals surface area contributed by atoms with Gasteiger partial charge in [-0.25, -0.2) is 0 Å². The summed E-state index contributed by atoms with van der Waals surface area (Å²) in [5.74, 6) is 0.667. The molecule has 0 aliphatic heterocycles. The smallest absolute Gasteiger partial charge is 0.264 e. The molecule has 1 fully saturated rings. The van der Waals surface area contributed by atoms with Gasteiger partial charge in [0.15, 0.2) is 0 Å². The predicted octanol–water partition coefficient (Wildman–Crippen LogP) is 2.95. The van der Waals surface area contributed by atoms with Gasteiger partial charge in [0.2, 0.25) is 0 Å². The molecule has 0 aromatic carbocycles. The lowest BCUT2D eigenvalue weighted by atomic mass is 10.0. The number of nitrogens with two attached hydrogens (primary N) is 1. The first kappa shape index (κ1) is 14.5. The minimum absolute atomic E-state index is 0.189. The number of carbonyl (C=O) groups excluding carboxylic acids is 1. The number of amides is 1. The fourth-order valence-corrected chi connectivity index (χ4v) is 4.04. The fourth-order valence-electron chi connectivity index (χ4n) is 3.05. The topological polar surface area (TPSA) is 46.3 Å². The third-order valence-electron chi connectivity index (χ3n) is 4.30. The normalized spacial score (nSPS) is 22.7. The number of hydrogen-bond acceptors (Lipinski definition) is 3. The van der Waals surface area contributed by atoms with Crippen LogP contribution in [0, 0.1) is 19.8 Å². The maximum absolute atomic E-state index is 12.7. The van der Waals surface area contributed by atoms with Crippen LogP contribution in [-0.4, -0.2) is 29.9 Å². The summed E-state index contributed by atoms with van der Waals surface area (Å²) in [7, 11) is 0. The molecule has 0 bridgehead atoms. The van der Waals surface area contributed by atoms with E-state index in [4.69, 9.17) is 5.73 Å². The number of hydrogen-bond donors (Lipinski definition) is 1. The highest BCUT2D eigenvalue weighted by Crippen LogP contribution is 2.31. The van der Waals surface area contributed by atoms with Gasteiger partial charge < -0.3 is 10.6 Å². The molecular formula is C15H24N2OS. The minimum Gasteiger partial charge on any atom is -0.335 e. The summed E-state index contributed by atoms with van der Waals surface area (Å²) in [5, 5.41) is 0.